The molecule has 216 valence electrons. The van der Waals surface area contributed by atoms with Crippen LogP contribution in [-0.2, 0) is 24.3 Å². The molecule has 1 N–H and O–H groups in total. The molecule has 3 aromatic carbocycles. The van der Waals surface area contributed by atoms with Gasteiger partial charge in [0, 0.05) is 18.5 Å². The van der Waals surface area contributed by atoms with Crippen LogP contribution in [-0.4, -0.2) is 31.1 Å². The lowest BCUT2D eigenvalue weighted by molar-refractivity contribution is -0.143. The number of rotatable bonds is 9. The van der Waals surface area contributed by atoms with E-state index < -0.39 is 28.9 Å². The molecule has 1 aliphatic heterocycles. The van der Waals surface area contributed by atoms with Crippen molar-refractivity contribution in [3.8, 4) is 0 Å². The van der Waals surface area contributed by atoms with Crippen LogP contribution >= 0.6 is 0 Å². The van der Waals surface area contributed by atoms with Crippen LogP contribution in [0.15, 0.2) is 72.8 Å². The molecular formula is C31H33F7N2. The van der Waals surface area contributed by atoms with Gasteiger partial charge >= 0.3 is 12.4 Å². The summed E-state index contributed by atoms with van der Waals surface area (Å²) in [5.41, 5.74) is -1.12. The molecule has 0 spiro atoms. The fourth-order valence-corrected chi connectivity index (χ4v) is 5.41. The van der Waals surface area contributed by atoms with Crippen molar-refractivity contribution in [2.24, 2.45) is 0 Å². The van der Waals surface area contributed by atoms with Crippen molar-refractivity contribution in [3.63, 3.8) is 0 Å². The zero-order chi connectivity index (χ0) is 29.0. The summed E-state index contributed by atoms with van der Waals surface area (Å²) in [5, 5.41) is 3.08. The van der Waals surface area contributed by atoms with Crippen LogP contribution in [0.5, 0.6) is 0 Å². The molecule has 3 aromatic rings. The Morgan fingerprint density at radius 3 is 1.90 bits per heavy atom. The zero-order valence-electron chi connectivity index (χ0n) is 22.3. The lowest BCUT2D eigenvalue weighted by atomic mass is 9.78. The van der Waals surface area contributed by atoms with Crippen molar-refractivity contribution in [2.45, 2.75) is 56.4 Å². The maximum absolute atomic E-state index is 13.7. The number of alkyl halides is 6. The fourth-order valence-electron chi connectivity index (χ4n) is 5.41. The van der Waals surface area contributed by atoms with Gasteiger partial charge in [0.15, 0.2) is 0 Å². The highest BCUT2D eigenvalue weighted by atomic mass is 19.4. The number of hydrogen-bond acceptors (Lipinski definition) is 2. The molecule has 0 radical (unpaired) electrons. The van der Waals surface area contributed by atoms with Crippen molar-refractivity contribution in [1.82, 2.24) is 10.2 Å². The lowest BCUT2D eigenvalue weighted by Gasteiger charge is -2.36. The highest BCUT2D eigenvalue weighted by molar-refractivity contribution is 5.34. The minimum Gasteiger partial charge on any atom is -0.312 e. The second kappa shape index (κ2) is 12.3. The quantitative estimate of drug-likeness (QED) is 0.263. The van der Waals surface area contributed by atoms with Gasteiger partial charge in [-0.3, -0.25) is 0 Å². The van der Waals surface area contributed by atoms with Crippen molar-refractivity contribution < 1.29 is 30.7 Å². The highest BCUT2D eigenvalue weighted by Gasteiger charge is 2.37. The van der Waals surface area contributed by atoms with Crippen molar-refractivity contribution in [3.05, 3.63) is 106 Å². The van der Waals surface area contributed by atoms with Gasteiger partial charge in [-0.15, -0.1) is 0 Å². The lowest BCUT2D eigenvalue weighted by Crippen LogP contribution is -2.41. The summed E-state index contributed by atoms with van der Waals surface area (Å²) < 4.78 is 93.3. The van der Waals surface area contributed by atoms with E-state index >= 15 is 0 Å². The second-order valence-corrected chi connectivity index (χ2v) is 10.9. The van der Waals surface area contributed by atoms with E-state index in [9.17, 15) is 30.7 Å². The summed E-state index contributed by atoms with van der Waals surface area (Å²) in [6, 6.07) is 18.1. The molecule has 1 unspecified atom stereocenters. The monoisotopic (exact) mass is 566 g/mol. The van der Waals surface area contributed by atoms with Crippen LogP contribution < -0.4 is 5.32 Å². The molecule has 2 nitrogen and oxygen atoms in total. The third-order valence-electron chi connectivity index (χ3n) is 7.87. The van der Waals surface area contributed by atoms with Crippen LogP contribution in [0.25, 0.3) is 0 Å². The number of piperidine rings is 1. The SMILES string of the molecule is CC(CCN1CCC(c2ccccc2)CC1)(CNCc1cc(C(F)(F)F)cc(C(F)(F)F)c1)c1ccc(F)cc1. The van der Waals surface area contributed by atoms with E-state index in [2.05, 4.69) is 22.3 Å². The molecule has 1 aliphatic rings. The van der Waals surface area contributed by atoms with Crippen LogP contribution in [0.3, 0.4) is 0 Å². The van der Waals surface area contributed by atoms with E-state index in [0.29, 0.717) is 12.3 Å². The summed E-state index contributed by atoms with van der Waals surface area (Å²) >= 11 is 0. The van der Waals surface area contributed by atoms with E-state index in [1.165, 1.54) is 17.7 Å². The Morgan fingerprint density at radius 1 is 0.775 bits per heavy atom. The molecular weight excluding hydrogens is 533 g/mol. The molecule has 0 bridgehead atoms. The first kappa shape index (κ1) is 30.1. The van der Waals surface area contributed by atoms with Gasteiger partial charge in [-0.2, -0.15) is 26.3 Å². The Hall–Kier alpha value is -2.91. The first-order valence-corrected chi connectivity index (χ1v) is 13.4. The number of halogens is 7. The zero-order valence-corrected chi connectivity index (χ0v) is 22.3. The van der Waals surface area contributed by atoms with Crippen molar-refractivity contribution in [2.75, 3.05) is 26.2 Å². The first-order chi connectivity index (χ1) is 18.8. The minimum absolute atomic E-state index is 0.105. The largest absolute Gasteiger partial charge is 0.416 e. The number of nitrogens with one attached hydrogen (secondary N) is 1. The Kier molecular flexibility index (Phi) is 9.25. The van der Waals surface area contributed by atoms with E-state index in [0.717, 1.165) is 50.2 Å². The molecule has 0 aliphatic carbocycles. The van der Waals surface area contributed by atoms with Crippen molar-refractivity contribution in [1.29, 1.82) is 0 Å². The van der Waals surface area contributed by atoms with E-state index in [1.807, 2.05) is 25.1 Å². The second-order valence-electron chi connectivity index (χ2n) is 10.9. The molecule has 1 saturated heterocycles. The molecule has 4 rings (SSSR count). The van der Waals surface area contributed by atoms with Gasteiger partial charge in [-0.25, -0.2) is 4.39 Å². The Morgan fingerprint density at radius 2 is 1.35 bits per heavy atom. The van der Waals surface area contributed by atoms with Crippen LogP contribution in [0.1, 0.15) is 59.9 Å². The third-order valence-corrected chi connectivity index (χ3v) is 7.87. The maximum Gasteiger partial charge on any atom is 0.416 e. The summed E-state index contributed by atoms with van der Waals surface area (Å²) in [5.74, 6) is 0.127. The smallest absolute Gasteiger partial charge is 0.312 e. The van der Waals surface area contributed by atoms with Gasteiger partial charge in [0.05, 0.1) is 11.1 Å². The number of benzene rings is 3. The number of nitrogens with zero attached hydrogens (tertiary/aromatic N) is 1. The summed E-state index contributed by atoms with van der Waals surface area (Å²) in [6.07, 6.45) is -7.05. The molecule has 1 atom stereocenters. The standard InChI is InChI=1S/C31H33F7N2/c1-29(25-7-9-28(32)10-8-25,13-16-40-14-11-24(12-15-40)23-5-3-2-4-6-23)21-39-20-22-17-26(30(33,34)35)19-27(18-22)31(36,37)38/h2-10,17-19,24,39H,11-16,20-21H2,1H3. The van der Waals surface area contributed by atoms with Gasteiger partial charge in [-0.1, -0.05) is 49.4 Å². The number of hydrogen-bond donors (Lipinski definition) is 1. The Labute approximate surface area is 230 Å². The Balaban J connectivity index is 1.43. The third kappa shape index (κ3) is 7.85. The van der Waals surface area contributed by atoms with Crippen molar-refractivity contribution >= 4 is 0 Å². The maximum atomic E-state index is 13.7. The summed E-state index contributed by atoms with van der Waals surface area (Å²) in [7, 11) is 0. The van der Waals surface area contributed by atoms with Gasteiger partial charge in [0.2, 0.25) is 0 Å². The van der Waals surface area contributed by atoms with Gasteiger partial charge < -0.3 is 10.2 Å². The summed E-state index contributed by atoms with van der Waals surface area (Å²) in [4.78, 5) is 2.38. The Bertz CT molecular complexity index is 1200. The van der Waals surface area contributed by atoms with Gasteiger partial charge in [0.1, 0.15) is 5.82 Å². The number of likely N-dealkylation sites (tertiary alicyclic amines) is 1. The molecule has 0 aromatic heterocycles. The molecule has 1 heterocycles. The van der Waals surface area contributed by atoms with Gasteiger partial charge in [-0.05, 0) is 91.8 Å². The average molecular weight is 567 g/mol. The van der Waals surface area contributed by atoms with Gasteiger partial charge in [0.25, 0.3) is 0 Å². The predicted molar refractivity (Wildman–Crippen MR) is 141 cm³/mol. The summed E-state index contributed by atoms with van der Waals surface area (Å²) in [6.45, 7) is 4.72. The molecule has 0 saturated carbocycles. The topological polar surface area (TPSA) is 15.3 Å². The molecule has 9 heteroatoms. The molecule has 40 heavy (non-hydrogen) atoms. The van der Waals surface area contributed by atoms with Crippen LogP contribution in [0.2, 0.25) is 0 Å². The van der Waals surface area contributed by atoms with E-state index in [4.69, 9.17) is 0 Å². The fraction of sp³-hybridized carbons (Fsp3) is 0.419. The normalized spacial score (nSPS) is 17.1. The average Bonchev–Trinajstić information content (AvgIpc) is 2.92. The van der Waals surface area contributed by atoms with E-state index in [1.54, 1.807) is 12.1 Å². The van der Waals surface area contributed by atoms with Crippen LogP contribution in [0, 0.1) is 5.82 Å². The minimum atomic E-state index is -4.90. The predicted octanol–water partition coefficient (Wildman–Crippen LogP) is 8.18. The highest BCUT2D eigenvalue weighted by Crippen LogP contribution is 2.37. The molecule has 0 amide bonds. The van der Waals surface area contributed by atoms with Crippen LogP contribution in [0.4, 0.5) is 30.7 Å². The van der Waals surface area contributed by atoms with E-state index in [-0.39, 0.29) is 30.5 Å². The first-order valence-electron chi connectivity index (χ1n) is 13.4. The molecule has 1 fully saturated rings.